The summed E-state index contributed by atoms with van der Waals surface area (Å²) in [6.45, 7) is 3.99. The van der Waals surface area contributed by atoms with Gasteiger partial charge in [0.25, 0.3) is 0 Å². The fourth-order valence-corrected chi connectivity index (χ4v) is 2.15. The molecule has 0 saturated heterocycles. The van der Waals surface area contributed by atoms with Crippen molar-refractivity contribution in [1.82, 2.24) is 5.32 Å². The van der Waals surface area contributed by atoms with E-state index in [0.717, 1.165) is 0 Å². The van der Waals surface area contributed by atoms with Gasteiger partial charge < -0.3 is 15.2 Å². The van der Waals surface area contributed by atoms with Gasteiger partial charge in [0.05, 0.1) is 18.4 Å². The van der Waals surface area contributed by atoms with E-state index in [4.69, 9.17) is 16.3 Å². The summed E-state index contributed by atoms with van der Waals surface area (Å²) in [5.41, 5.74) is -0.896. The van der Waals surface area contributed by atoms with E-state index in [1.807, 2.05) is 13.8 Å². The third-order valence-electron chi connectivity index (χ3n) is 3.84. The van der Waals surface area contributed by atoms with Gasteiger partial charge in [0.15, 0.2) is 0 Å². The minimum Gasteiger partial charge on any atom is -0.493 e. The number of rotatable bonds is 9. The lowest BCUT2D eigenvalue weighted by Crippen LogP contribution is -2.42. The van der Waals surface area contributed by atoms with E-state index in [2.05, 4.69) is 5.32 Å². The Bertz CT molecular complexity index is 497. The van der Waals surface area contributed by atoms with Gasteiger partial charge in [0, 0.05) is 11.6 Å². The number of aliphatic carboxylic acids is 1. The standard InChI is InChI=1S/C16H22ClNO4/c1-3-16(4-2,15(20)21)11-18-14(19)9-10-22-13-7-5-12(17)6-8-13/h5-8H,3-4,9-11H2,1-2H3,(H,18,19)(H,20,21). The monoisotopic (exact) mass is 327 g/mol. The smallest absolute Gasteiger partial charge is 0.311 e. The van der Waals surface area contributed by atoms with Crippen molar-refractivity contribution in [2.75, 3.05) is 13.2 Å². The Morgan fingerprint density at radius 1 is 1.23 bits per heavy atom. The number of hydrogen-bond acceptors (Lipinski definition) is 3. The summed E-state index contributed by atoms with van der Waals surface area (Å²) in [6, 6.07) is 6.87. The Hall–Kier alpha value is -1.75. The fraction of sp³-hybridized carbons (Fsp3) is 0.500. The molecule has 0 atom stereocenters. The molecule has 0 radical (unpaired) electrons. The van der Waals surface area contributed by atoms with E-state index in [0.29, 0.717) is 23.6 Å². The molecule has 0 heterocycles. The second-order valence-electron chi connectivity index (χ2n) is 5.12. The summed E-state index contributed by atoms with van der Waals surface area (Å²) in [6.07, 6.45) is 1.12. The first kappa shape index (κ1) is 18.3. The summed E-state index contributed by atoms with van der Waals surface area (Å²) in [4.78, 5) is 23.1. The lowest BCUT2D eigenvalue weighted by atomic mass is 9.82. The van der Waals surface area contributed by atoms with Crippen LogP contribution in [0, 0.1) is 5.41 Å². The number of halogens is 1. The number of nitrogens with one attached hydrogen (secondary N) is 1. The molecule has 1 aromatic carbocycles. The van der Waals surface area contributed by atoms with E-state index in [9.17, 15) is 14.7 Å². The molecule has 1 amide bonds. The number of carboxylic acid groups (broad SMARTS) is 1. The van der Waals surface area contributed by atoms with Gasteiger partial charge in [-0.25, -0.2) is 0 Å². The van der Waals surface area contributed by atoms with Gasteiger partial charge in [0.1, 0.15) is 5.75 Å². The van der Waals surface area contributed by atoms with Crippen LogP contribution in [0.15, 0.2) is 24.3 Å². The summed E-state index contributed by atoms with van der Waals surface area (Å²) in [5.74, 6) is -0.462. The van der Waals surface area contributed by atoms with Crippen molar-refractivity contribution >= 4 is 23.5 Å². The molecular weight excluding hydrogens is 306 g/mol. The molecular formula is C16H22ClNO4. The Morgan fingerprint density at radius 2 is 1.82 bits per heavy atom. The SMILES string of the molecule is CCC(CC)(CNC(=O)CCOc1ccc(Cl)cc1)C(=O)O. The summed E-state index contributed by atoms with van der Waals surface area (Å²) in [5, 5.41) is 12.6. The number of ether oxygens (including phenoxy) is 1. The van der Waals surface area contributed by atoms with Crippen molar-refractivity contribution in [3.8, 4) is 5.75 Å². The molecule has 1 rings (SSSR count). The fourth-order valence-electron chi connectivity index (χ4n) is 2.03. The van der Waals surface area contributed by atoms with Crippen LogP contribution in [0.5, 0.6) is 5.75 Å². The zero-order valence-corrected chi connectivity index (χ0v) is 13.7. The van der Waals surface area contributed by atoms with Crippen molar-refractivity contribution in [3.05, 3.63) is 29.3 Å². The average Bonchev–Trinajstić information content (AvgIpc) is 2.50. The van der Waals surface area contributed by atoms with Gasteiger partial charge in [-0.3, -0.25) is 9.59 Å². The first-order valence-corrected chi connectivity index (χ1v) is 7.69. The van der Waals surface area contributed by atoms with Crippen molar-refractivity contribution in [3.63, 3.8) is 0 Å². The number of carbonyl (C=O) groups is 2. The first-order valence-electron chi connectivity index (χ1n) is 7.32. The van der Waals surface area contributed by atoms with Crippen LogP contribution in [-0.4, -0.2) is 30.1 Å². The third kappa shape index (κ3) is 5.22. The highest BCUT2D eigenvalue weighted by Gasteiger charge is 2.34. The lowest BCUT2D eigenvalue weighted by Gasteiger charge is -2.26. The van der Waals surface area contributed by atoms with Crippen LogP contribution in [0.4, 0.5) is 0 Å². The Labute approximate surface area is 135 Å². The zero-order chi connectivity index (χ0) is 16.6. The molecule has 6 heteroatoms. The molecule has 122 valence electrons. The molecule has 2 N–H and O–H groups in total. The van der Waals surface area contributed by atoms with Crippen LogP contribution in [0.3, 0.4) is 0 Å². The largest absolute Gasteiger partial charge is 0.493 e. The minimum absolute atomic E-state index is 0.134. The molecule has 0 aliphatic carbocycles. The molecule has 0 saturated carbocycles. The van der Waals surface area contributed by atoms with Crippen LogP contribution in [0.1, 0.15) is 33.1 Å². The molecule has 0 bridgehead atoms. The highest BCUT2D eigenvalue weighted by Crippen LogP contribution is 2.25. The minimum atomic E-state index is -0.896. The van der Waals surface area contributed by atoms with Crippen LogP contribution in [-0.2, 0) is 9.59 Å². The molecule has 22 heavy (non-hydrogen) atoms. The quantitative estimate of drug-likeness (QED) is 0.730. The van der Waals surface area contributed by atoms with E-state index < -0.39 is 11.4 Å². The van der Waals surface area contributed by atoms with E-state index in [-0.39, 0.29) is 25.5 Å². The predicted octanol–water partition coefficient (Wildman–Crippen LogP) is 3.12. The van der Waals surface area contributed by atoms with Gasteiger partial charge in [-0.1, -0.05) is 25.4 Å². The molecule has 1 aromatic rings. The summed E-state index contributed by atoms with van der Waals surface area (Å²) < 4.78 is 5.43. The normalized spacial score (nSPS) is 11.0. The van der Waals surface area contributed by atoms with Gasteiger partial charge in [-0.2, -0.15) is 0 Å². The molecule has 5 nitrogen and oxygen atoms in total. The van der Waals surface area contributed by atoms with Crippen molar-refractivity contribution in [2.24, 2.45) is 5.41 Å². The van der Waals surface area contributed by atoms with Gasteiger partial charge >= 0.3 is 5.97 Å². The van der Waals surface area contributed by atoms with Crippen LogP contribution in [0.25, 0.3) is 0 Å². The summed E-state index contributed by atoms with van der Waals surface area (Å²) >= 11 is 5.77. The molecule has 0 aromatic heterocycles. The maximum absolute atomic E-state index is 11.8. The predicted molar refractivity (Wildman–Crippen MR) is 85.2 cm³/mol. The number of benzene rings is 1. The van der Waals surface area contributed by atoms with Crippen molar-refractivity contribution in [1.29, 1.82) is 0 Å². The number of carbonyl (C=O) groups excluding carboxylic acids is 1. The highest BCUT2D eigenvalue weighted by molar-refractivity contribution is 6.30. The van der Waals surface area contributed by atoms with E-state index >= 15 is 0 Å². The maximum atomic E-state index is 11.8. The number of carboxylic acids is 1. The second-order valence-corrected chi connectivity index (χ2v) is 5.56. The van der Waals surface area contributed by atoms with Crippen molar-refractivity contribution in [2.45, 2.75) is 33.1 Å². The number of amides is 1. The molecule has 0 unspecified atom stereocenters. The molecule has 0 aliphatic heterocycles. The van der Waals surface area contributed by atoms with Crippen LogP contribution < -0.4 is 10.1 Å². The average molecular weight is 328 g/mol. The maximum Gasteiger partial charge on any atom is 0.311 e. The molecule has 0 aliphatic rings. The lowest BCUT2D eigenvalue weighted by molar-refractivity contribution is -0.149. The van der Waals surface area contributed by atoms with Gasteiger partial charge in [-0.15, -0.1) is 0 Å². The van der Waals surface area contributed by atoms with Crippen molar-refractivity contribution < 1.29 is 19.4 Å². The van der Waals surface area contributed by atoms with Crippen LogP contribution >= 0.6 is 11.6 Å². The third-order valence-corrected chi connectivity index (χ3v) is 4.09. The second kappa shape index (κ2) is 8.63. The van der Waals surface area contributed by atoms with E-state index in [1.54, 1.807) is 24.3 Å². The van der Waals surface area contributed by atoms with Gasteiger partial charge in [0.2, 0.25) is 5.91 Å². The Balaban J connectivity index is 2.37. The molecule has 0 spiro atoms. The van der Waals surface area contributed by atoms with E-state index in [1.165, 1.54) is 0 Å². The zero-order valence-electron chi connectivity index (χ0n) is 12.9. The Morgan fingerprint density at radius 3 is 2.32 bits per heavy atom. The van der Waals surface area contributed by atoms with Gasteiger partial charge in [-0.05, 0) is 37.1 Å². The van der Waals surface area contributed by atoms with Crippen LogP contribution in [0.2, 0.25) is 5.02 Å². The highest BCUT2D eigenvalue weighted by atomic mass is 35.5. The summed E-state index contributed by atoms with van der Waals surface area (Å²) in [7, 11) is 0. The first-order chi connectivity index (χ1) is 10.4. The molecule has 0 fully saturated rings. The Kier molecular flexibility index (Phi) is 7.18. The number of hydrogen-bond donors (Lipinski definition) is 2. The topological polar surface area (TPSA) is 75.6 Å².